The molecule has 1 aliphatic heterocycles. The molecule has 5 heterocycles. The molecule has 4 aromatic rings. The minimum atomic E-state index is -0.0381. The summed E-state index contributed by atoms with van der Waals surface area (Å²) in [4.78, 5) is 30.8. The summed E-state index contributed by atoms with van der Waals surface area (Å²) < 4.78 is 0. The summed E-state index contributed by atoms with van der Waals surface area (Å²) in [5.41, 5.74) is 4.82. The Morgan fingerprint density at radius 2 is 2.22 bits per heavy atom. The average Bonchev–Trinajstić information content (AvgIpc) is 3.27. The van der Waals surface area contributed by atoms with Gasteiger partial charge >= 0.3 is 0 Å². The number of likely N-dealkylation sites (tertiary alicyclic amines) is 1. The summed E-state index contributed by atoms with van der Waals surface area (Å²) in [7, 11) is 0. The van der Waals surface area contributed by atoms with Crippen molar-refractivity contribution in [3.8, 4) is 11.3 Å². The zero-order chi connectivity index (χ0) is 18.4. The number of aryl methyl sites for hydroxylation is 1. The van der Waals surface area contributed by atoms with Crippen LogP contribution in [0.1, 0.15) is 34.3 Å². The lowest BCUT2D eigenvalue weighted by atomic mass is 9.99. The molecule has 1 amide bonds. The molecular weight excluding hydrogens is 342 g/mol. The molecule has 0 bridgehead atoms. The fourth-order valence-corrected chi connectivity index (χ4v) is 3.47. The first-order valence-electron chi connectivity index (χ1n) is 8.78. The number of nitrogens with zero attached hydrogens (tertiary/aromatic N) is 5. The molecule has 1 atom stereocenters. The zero-order valence-corrected chi connectivity index (χ0v) is 14.7. The molecule has 1 aliphatic rings. The molecule has 0 aromatic carbocycles. The predicted molar refractivity (Wildman–Crippen MR) is 98.8 cm³/mol. The molecular formula is C19H17N7O. The second-order valence-electron chi connectivity index (χ2n) is 6.66. The largest absolute Gasteiger partial charge is 0.335 e. The number of H-pyrrole nitrogens is 2. The predicted octanol–water partition coefficient (Wildman–Crippen LogP) is 2.64. The van der Waals surface area contributed by atoms with Crippen LogP contribution in [0.2, 0.25) is 0 Å². The number of hydrogen-bond acceptors (Lipinski definition) is 5. The zero-order valence-electron chi connectivity index (χ0n) is 14.7. The second kappa shape index (κ2) is 6.01. The van der Waals surface area contributed by atoms with Crippen LogP contribution in [0.3, 0.4) is 0 Å². The number of amides is 1. The van der Waals surface area contributed by atoms with Gasteiger partial charge in [0, 0.05) is 29.4 Å². The van der Waals surface area contributed by atoms with Crippen LogP contribution >= 0.6 is 0 Å². The van der Waals surface area contributed by atoms with E-state index in [-0.39, 0.29) is 11.9 Å². The summed E-state index contributed by atoms with van der Waals surface area (Å²) in [6.07, 6.45) is 5.88. The van der Waals surface area contributed by atoms with E-state index in [0.717, 1.165) is 41.0 Å². The summed E-state index contributed by atoms with van der Waals surface area (Å²) in [5, 5.41) is 7.87. The Hall–Kier alpha value is -3.55. The molecule has 0 radical (unpaired) electrons. The normalized spacial score (nSPS) is 16.5. The Morgan fingerprint density at radius 3 is 2.93 bits per heavy atom. The fraction of sp³-hybridized carbons (Fsp3) is 0.211. The van der Waals surface area contributed by atoms with Gasteiger partial charge in [-0.15, -0.1) is 0 Å². The Kier molecular flexibility index (Phi) is 3.49. The van der Waals surface area contributed by atoms with Crippen molar-refractivity contribution < 1.29 is 4.79 Å². The number of aromatic nitrogens is 6. The summed E-state index contributed by atoms with van der Waals surface area (Å²) in [6, 6.07) is 7.62. The summed E-state index contributed by atoms with van der Waals surface area (Å²) in [5.74, 6) is -0.0381. The molecule has 134 valence electrons. The molecule has 0 spiro atoms. The monoisotopic (exact) mass is 359 g/mol. The SMILES string of the molecule is Cc1[nH]ncc1-c1ccc2cc(C(=O)N3CC[C@@H]3c3ccncn3)[nH]c2n1. The number of rotatable bonds is 3. The molecule has 5 rings (SSSR count). The average molecular weight is 359 g/mol. The van der Waals surface area contributed by atoms with Gasteiger partial charge in [-0.3, -0.25) is 9.89 Å². The fourth-order valence-electron chi connectivity index (χ4n) is 3.47. The smallest absolute Gasteiger partial charge is 0.270 e. The van der Waals surface area contributed by atoms with E-state index in [4.69, 9.17) is 0 Å². The number of carbonyl (C=O) groups excluding carboxylic acids is 1. The first-order chi connectivity index (χ1) is 13.2. The van der Waals surface area contributed by atoms with Crippen molar-refractivity contribution in [3.63, 3.8) is 0 Å². The van der Waals surface area contributed by atoms with Gasteiger partial charge in [0.15, 0.2) is 0 Å². The third-order valence-corrected chi connectivity index (χ3v) is 5.04. The lowest BCUT2D eigenvalue weighted by molar-refractivity contribution is 0.0445. The van der Waals surface area contributed by atoms with Crippen LogP contribution in [0.25, 0.3) is 22.3 Å². The molecule has 1 saturated heterocycles. The number of pyridine rings is 1. The molecule has 8 heteroatoms. The maximum atomic E-state index is 13.0. The number of hydrogen-bond donors (Lipinski definition) is 2. The Labute approximate surface area is 154 Å². The van der Waals surface area contributed by atoms with Gasteiger partial charge in [-0.25, -0.2) is 15.0 Å². The van der Waals surface area contributed by atoms with Crippen molar-refractivity contribution in [1.82, 2.24) is 35.0 Å². The lowest BCUT2D eigenvalue weighted by Gasteiger charge is -2.40. The van der Waals surface area contributed by atoms with Crippen LogP contribution in [0, 0.1) is 6.92 Å². The lowest BCUT2D eigenvalue weighted by Crippen LogP contribution is -2.45. The quantitative estimate of drug-likeness (QED) is 0.585. The topological polar surface area (TPSA) is 103 Å². The molecule has 2 N–H and O–H groups in total. The van der Waals surface area contributed by atoms with Crippen molar-refractivity contribution in [2.75, 3.05) is 6.54 Å². The van der Waals surface area contributed by atoms with E-state index in [2.05, 4.69) is 30.1 Å². The van der Waals surface area contributed by atoms with Crippen LogP contribution in [0.4, 0.5) is 0 Å². The van der Waals surface area contributed by atoms with E-state index in [1.54, 1.807) is 12.4 Å². The van der Waals surface area contributed by atoms with E-state index in [1.807, 2.05) is 36.1 Å². The van der Waals surface area contributed by atoms with Crippen LogP contribution in [0.15, 0.2) is 43.0 Å². The standard InChI is InChI=1S/C19H17N7O/c1-11-13(9-22-25-11)14-3-2-12-8-16(24-18(12)23-14)19(27)26-7-5-17(26)15-4-6-20-10-21-15/h2-4,6,8-10,17H,5,7H2,1H3,(H,22,25)(H,23,24)/t17-/m1/s1. The first kappa shape index (κ1) is 15.7. The van der Waals surface area contributed by atoms with Crippen molar-refractivity contribution in [2.24, 2.45) is 0 Å². The van der Waals surface area contributed by atoms with Gasteiger partial charge in [0.05, 0.1) is 23.6 Å². The molecule has 0 unspecified atom stereocenters. The number of fused-ring (bicyclic) bond motifs is 1. The van der Waals surface area contributed by atoms with Crippen LogP contribution in [0.5, 0.6) is 0 Å². The summed E-state index contributed by atoms with van der Waals surface area (Å²) >= 11 is 0. The number of nitrogens with one attached hydrogen (secondary N) is 2. The second-order valence-corrected chi connectivity index (χ2v) is 6.66. The maximum absolute atomic E-state index is 13.0. The van der Waals surface area contributed by atoms with Crippen LogP contribution < -0.4 is 0 Å². The van der Waals surface area contributed by atoms with E-state index in [0.29, 0.717) is 11.3 Å². The van der Waals surface area contributed by atoms with E-state index in [1.165, 1.54) is 6.33 Å². The van der Waals surface area contributed by atoms with Gasteiger partial charge in [0.2, 0.25) is 0 Å². The molecule has 4 aromatic heterocycles. The number of aromatic amines is 2. The first-order valence-corrected chi connectivity index (χ1v) is 8.78. The maximum Gasteiger partial charge on any atom is 0.270 e. The molecule has 0 saturated carbocycles. The van der Waals surface area contributed by atoms with Gasteiger partial charge in [-0.1, -0.05) is 0 Å². The van der Waals surface area contributed by atoms with Gasteiger partial charge < -0.3 is 9.88 Å². The molecule has 8 nitrogen and oxygen atoms in total. The highest BCUT2D eigenvalue weighted by Gasteiger charge is 2.35. The minimum Gasteiger partial charge on any atom is -0.335 e. The van der Waals surface area contributed by atoms with Gasteiger partial charge in [-0.2, -0.15) is 5.10 Å². The Morgan fingerprint density at radius 1 is 1.30 bits per heavy atom. The van der Waals surface area contributed by atoms with Crippen molar-refractivity contribution in [2.45, 2.75) is 19.4 Å². The summed E-state index contributed by atoms with van der Waals surface area (Å²) in [6.45, 7) is 2.67. The molecule has 27 heavy (non-hydrogen) atoms. The minimum absolute atomic E-state index is 0.00372. The van der Waals surface area contributed by atoms with E-state index >= 15 is 0 Å². The molecule has 0 aliphatic carbocycles. The van der Waals surface area contributed by atoms with E-state index < -0.39 is 0 Å². The van der Waals surface area contributed by atoms with Gasteiger partial charge in [0.1, 0.15) is 17.7 Å². The van der Waals surface area contributed by atoms with Crippen LogP contribution in [-0.4, -0.2) is 47.5 Å². The highest BCUT2D eigenvalue weighted by Crippen LogP contribution is 2.33. The Balaban J connectivity index is 1.45. The van der Waals surface area contributed by atoms with Gasteiger partial charge in [-0.05, 0) is 37.6 Å². The third kappa shape index (κ3) is 2.57. The van der Waals surface area contributed by atoms with Crippen LogP contribution in [-0.2, 0) is 0 Å². The van der Waals surface area contributed by atoms with Crippen molar-refractivity contribution in [3.05, 3.63) is 60.1 Å². The third-order valence-electron chi connectivity index (χ3n) is 5.04. The van der Waals surface area contributed by atoms with Gasteiger partial charge in [0.25, 0.3) is 5.91 Å². The molecule has 1 fully saturated rings. The van der Waals surface area contributed by atoms with Crippen molar-refractivity contribution in [1.29, 1.82) is 0 Å². The van der Waals surface area contributed by atoms with Crippen molar-refractivity contribution >= 4 is 16.9 Å². The Bertz CT molecular complexity index is 1130. The number of carbonyl (C=O) groups is 1. The highest BCUT2D eigenvalue weighted by atomic mass is 16.2. The highest BCUT2D eigenvalue weighted by molar-refractivity contribution is 5.98. The van der Waals surface area contributed by atoms with E-state index in [9.17, 15) is 4.79 Å².